The minimum atomic E-state index is -0.296. The van der Waals surface area contributed by atoms with Gasteiger partial charge in [0.15, 0.2) is 0 Å². The van der Waals surface area contributed by atoms with Crippen molar-refractivity contribution in [2.75, 3.05) is 32.2 Å². The van der Waals surface area contributed by atoms with Crippen molar-refractivity contribution >= 4 is 11.6 Å². The van der Waals surface area contributed by atoms with Gasteiger partial charge in [-0.05, 0) is 34.7 Å². The number of hydrogen-bond acceptors (Lipinski definition) is 8. The quantitative estimate of drug-likeness (QED) is 0.622. The van der Waals surface area contributed by atoms with Crippen molar-refractivity contribution in [2.24, 2.45) is 0 Å². The molecule has 32 heavy (non-hydrogen) atoms. The summed E-state index contributed by atoms with van der Waals surface area (Å²) in [6.45, 7) is 0.708. The number of nitrogens with zero attached hydrogens (tertiary/aromatic N) is 5. The highest BCUT2D eigenvalue weighted by Gasteiger charge is 2.50. The molecule has 10 nitrogen and oxygen atoms in total. The number of fused-ring (bicyclic) bond motifs is 1. The van der Waals surface area contributed by atoms with Gasteiger partial charge in [-0.2, -0.15) is 4.68 Å². The zero-order valence-electron chi connectivity index (χ0n) is 17.8. The molecule has 0 spiro atoms. The van der Waals surface area contributed by atoms with Gasteiger partial charge in [0, 0.05) is 31.4 Å². The fourth-order valence-electron chi connectivity index (χ4n) is 4.05. The lowest BCUT2D eigenvalue weighted by Crippen LogP contribution is -2.44. The van der Waals surface area contributed by atoms with Crippen molar-refractivity contribution in [2.45, 2.75) is 24.3 Å². The summed E-state index contributed by atoms with van der Waals surface area (Å²) in [4.78, 5) is 14.5. The van der Waals surface area contributed by atoms with E-state index in [9.17, 15) is 4.79 Å². The van der Waals surface area contributed by atoms with Gasteiger partial charge in [0.05, 0.1) is 19.3 Å². The van der Waals surface area contributed by atoms with Crippen LogP contribution >= 0.6 is 0 Å². The maximum Gasteiger partial charge on any atom is 0.341 e. The summed E-state index contributed by atoms with van der Waals surface area (Å²) in [5, 5.41) is 15.0. The average molecular weight is 436 g/mol. The minimum Gasteiger partial charge on any atom is -0.423 e. The highest BCUT2D eigenvalue weighted by atomic mass is 16.6. The smallest absolute Gasteiger partial charge is 0.341 e. The molecule has 2 fully saturated rings. The third-order valence-corrected chi connectivity index (χ3v) is 5.70. The number of amides is 1. The Balaban J connectivity index is 1.28. The molecular formula is C22H24N6O4. The second kappa shape index (κ2) is 8.56. The maximum absolute atomic E-state index is 12.5. The summed E-state index contributed by atoms with van der Waals surface area (Å²) in [5.74, 6) is 0.474. The number of anilines is 1. The van der Waals surface area contributed by atoms with Crippen molar-refractivity contribution < 1.29 is 19.0 Å². The van der Waals surface area contributed by atoms with Gasteiger partial charge in [0.25, 0.3) is 5.91 Å². The predicted octanol–water partition coefficient (Wildman–Crippen LogP) is 1.67. The summed E-state index contributed by atoms with van der Waals surface area (Å²) in [6.07, 6.45) is -0.586. The van der Waals surface area contributed by atoms with E-state index >= 15 is 0 Å². The first-order valence-electron chi connectivity index (χ1n) is 10.4. The van der Waals surface area contributed by atoms with Gasteiger partial charge >= 0.3 is 6.01 Å². The van der Waals surface area contributed by atoms with Crippen LogP contribution in [0.4, 0.5) is 5.69 Å². The largest absolute Gasteiger partial charge is 0.423 e. The van der Waals surface area contributed by atoms with Crippen LogP contribution in [0.25, 0.3) is 0 Å². The standard InChI is InChI=1S/C22H24N6O4/c1-27(2)15-9-6-10-16(11-15)32-22-24-25-26-28(22)18-13-31-19-17(12-30-20(18)19)23-21(29)14-7-4-3-5-8-14/h3-11,17-20H,12-13H2,1-2H3,(H,23,29)/t17-,18-,19+,20+/m0/s1. The van der Waals surface area contributed by atoms with Crippen molar-refractivity contribution in [3.8, 4) is 11.8 Å². The number of aromatic nitrogens is 4. The van der Waals surface area contributed by atoms with Crippen LogP contribution in [-0.2, 0) is 9.47 Å². The van der Waals surface area contributed by atoms with Gasteiger partial charge < -0.3 is 24.4 Å². The van der Waals surface area contributed by atoms with Crippen molar-refractivity contribution in [1.29, 1.82) is 0 Å². The molecular weight excluding hydrogens is 412 g/mol. The fourth-order valence-corrected chi connectivity index (χ4v) is 4.05. The number of carbonyl (C=O) groups excluding carboxylic acids is 1. The molecule has 5 rings (SSSR count). The SMILES string of the molecule is CN(C)c1cccc(Oc2nnnn2[C@H]2CO[C@H]3[C@@H]2OC[C@@H]3NC(=O)c2ccccc2)c1. The molecule has 3 aromatic rings. The Morgan fingerprint density at radius 1 is 1.09 bits per heavy atom. The van der Waals surface area contributed by atoms with Gasteiger partial charge in [-0.1, -0.05) is 29.4 Å². The summed E-state index contributed by atoms with van der Waals surface area (Å²) in [6, 6.07) is 16.5. The van der Waals surface area contributed by atoms with Gasteiger partial charge in [0.1, 0.15) is 24.0 Å². The molecule has 10 heteroatoms. The Bertz CT molecular complexity index is 1090. The van der Waals surface area contributed by atoms with E-state index in [-0.39, 0.29) is 36.2 Å². The first-order valence-corrected chi connectivity index (χ1v) is 10.4. The summed E-state index contributed by atoms with van der Waals surface area (Å²) in [7, 11) is 3.92. The van der Waals surface area contributed by atoms with E-state index in [1.807, 2.05) is 61.5 Å². The van der Waals surface area contributed by atoms with Gasteiger partial charge in [-0.3, -0.25) is 4.79 Å². The Kier molecular flexibility index (Phi) is 5.46. The minimum absolute atomic E-state index is 0.154. The number of tetrazole rings is 1. The monoisotopic (exact) mass is 436 g/mol. The van der Waals surface area contributed by atoms with Crippen LogP contribution in [0, 0.1) is 0 Å². The fraction of sp³-hybridized carbons (Fsp3) is 0.364. The van der Waals surface area contributed by atoms with E-state index in [1.54, 1.807) is 16.8 Å². The van der Waals surface area contributed by atoms with Crippen LogP contribution in [-0.4, -0.2) is 71.7 Å². The van der Waals surface area contributed by atoms with Crippen LogP contribution in [0.5, 0.6) is 11.8 Å². The van der Waals surface area contributed by atoms with Crippen molar-refractivity contribution in [3.63, 3.8) is 0 Å². The number of ether oxygens (including phenoxy) is 3. The zero-order chi connectivity index (χ0) is 22.1. The van der Waals surface area contributed by atoms with E-state index in [4.69, 9.17) is 14.2 Å². The van der Waals surface area contributed by atoms with Crippen molar-refractivity contribution in [3.05, 3.63) is 60.2 Å². The molecule has 2 aromatic carbocycles. The van der Waals surface area contributed by atoms with E-state index < -0.39 is 0 Å². The lowest BCUT2D eigenvalue weighted by atomic mass is 10.1. The van der Waals surface area contributed by atoms with E-state index in [2.05, 4.69) is 20.8 Å². The first kappa shape index (κ1) is 20.4. The van der Waals surface area contributed by atoms with Crippen LogP contribution in [0.3, 0.4) is 0 Å². The summed E-state index contributed by atoms with van der Waals surface area (Å²) >= 11 is 0. The lowest BCUT2D eigenvalue weighted by molar-refractivity contribution is 0.0606. The van der Waals surface area contributed by atoms with Crippen LogP contribution in [0.1, 0.15) is 16.4 Å². The molecule has 3 heterocycles. The predicted molar refractivity (Wildman–Crippen MR) is 115 cm³/mol. The average Bonchev–Trinajstić information content (AvgIpc) is 3.52. The van der Waals surface area contributed by atoms with E-state index in [1.165, 1.54) is 0 Å². The Hall–Kier alpha value is -3.50. The molecule has 2 saturated heterocycles. The molecule has 0 radical (unpaired) electrons. The Morgan fingerprint density at radius 3 is 2.72 bits per heavy atom. The number of rotatable bonds is 6. The third kappa shape index (κ3) is 3.90. The molecule has 0 aliphatic carbocycles. The molecule has 0 unspecified atom stereocenters. The second-order valence-corrected chi connectivity index (χ2v) is 8.01. The van der Waals surface area contributed by atoms with E-state index in [0.29, 0.717) is 24.5 Å². The van der Waals surface area contributed by atoms with Crippen molar-refractivity contribution in [1.82, 2.24) is 25.5 Å². The molecule has 1 aromatic heterocycles. The molecule has 0 saturated carbocycles. The Morgan fingerprint density at radius 2 is 1.91 bits per heavy atom. The topological polar surface area (TPSA) is 104 Å². The number of benzene rings is 2. The number of nitrogens with one attached hydrogen (secondary N) is 1. The van der Waals surface area contributed by atoms with Gasteiger partial charge in [-0.15, -0.1) is 0 Å². The highest BCUT2D eigenvalue weighted by Crippen LogP contribution is 2.36. The van der Waals surface area contributed by atoms with Crippen LogP contribution < -0.4 is 15.0 Å². The maximum atomic E-state index is 12.5. The highest BCUT2D eigenvalue weighted by molar-refractivity contribution is 5.94. The summed E-state index contributed by atoms with van der Waals surface area (Å²) < 4.78 is 19.6. The second-order valence-electron chi connectivity index (χ2n) is 8.01. The molecule has 0 bridgehead atoms. The molecule has 4 atom stereocenters. The lowest BCUT2D eigenvalue weighted by Gasteiger charge is -2.18. The first-order chi connectivity index (χ1) is 15.6. The van der Waals surface area contributed by atoms with Crippen LogP contribution in [0.15, 0.2) is 54.6 Å². The Labute approximate surface area is 185 Å². The molecule has 2 aliphatic heterocycles. The molecule has 166 valence electrons. The number of carbonyl (C=O) groups is 1. The normalized spacial score (nSPS) is 24.2. The van der Waals surface area contributed by atoms with Crippen LogP contribution in [0.2, 0.25) is 0 Å². The molecule has 2 aliphatic rings. The number of hydrogen-bond donors (Lipinski definition) is 1. The molecule has 1 amide bonds. The summed E-state index contributed by atoms with van der Waals surface area (Å²) in [5.41, 5.74) is 1.60. The molecule has 1 N–H and O–H groups in total. The van der Waals surface area contributed by atoms with Gasteiger partial charge in [0.2, 0.25) is 0 Å². The third-order valence-electron chi connectivity index (χ3n) is 5.70. The van der Waals surface area contributed by atoms with E-state index in [0.717, 1.165) is 5.69 Å². The zero-order valence-corrected chi connectivity index (χ0v) is 17.8. The van der Waals surface area contributed by atoms with Gasteiger partial charge in [-0.25, -0.2) is 0 Å².